The zero-order valence-corrected chi connectivity index (χ0v) is 16.0. The number of anilines is 1. The minimum atomic E-state index is -0.188. The van der Waals surface area contributed by atoms with Gasteiger partial charge >= 0.3 is 6.03 Å². The van der Waals surface area contributed by atoms with Crippen molar-refractivity contribution in [2.75, 3.05) is 38.7 Å². The lowest BCUT2D eigenvalue weighted by Crippen LogP contribution is -2.47. The summed E-state index contributed by atoms with van der Waals surface area (Å²) in [6.45, 7) is 3.86. The van der Waals surface area contributed by atoms with Crippen molar-refractivity contribution in [1.29, 1.82) is 0 Å². The van der Waals surface area contributed by atoms with E-state index in [9.17, 15) is 4.79 Å². The van der Waals surface area contributed by atoms with Gasteiger partial charge in [-0.05, 0) is 30.7 Å². The maximum absolute atomic E-state index is 12.5. The summed E-state index contributed by atoms with van der Waals surface area (Å²) in [6.07, 6.45) is 1.59. The van der Waals surface area contributed by atoms with E-state index < -0.39 is 0 Å². The first-order valence-corrected chi connectivity index (χ1v) is 9.10. The lowest BCUT2D eigenvalue weighted by molar-refractivity contribution is 0.0675. The van der Waals surface area contributed by atoms with E-state index in [0.717, 1.165) is 22.9 Å². The lowest BCUT2D eigenvalue weighted by Gasteiger charge is -2.31. The normalized spacial score (nSPS) is 15.1. The van der Waals surface area contributed by atoms with Crippen molar-refractivity contribution in [2.24, 2.45) is 0 Å². The number of carbonyl (C=O) groups is 1. The molecule has 0 fully saturated rings. The van der Waals surface area contributed by atoms with E-state index in [4.69, 9.17) is 9.47 Å². The number of carbonyl (C=O) groups excluding carboxylic acids is 1. The second-order valence-electron chi connectivity index (χ2n) is 6.61. The molecule has 7 nitrogen and oxygen atoms in total. The number of para-hydroxylation sites is 2. The number of nitrogens with zero attached hydrogens (tertiary/aromatic N) is 3. The van der Waals surface area contributed by atoms with E-state index in [2.05, 4.69) is 10.3 Å². The van der Waals surface area contributed by atoms with E-state index in [1.165, 1.54) is 0 Å². The standard InChI is InChI=1S/C20H26N4O3/c1-4-24(13-16-14-26-17-7-5-6-8-18(17)27-16)20(25)22-12-15-9-10-19(21-11-15)23(2)3/h5-11,16H,4,12-14H2,1-3H3,(H,22,25). The number of hydrogen-bond acceptors (Lipinski definition) is 5. The predicted molar refractivity (Wildman–Crippen MR) is 104 cm³/mol. The Hall–Kier alpha value is -2.96. The van der Waals surface area contributed by atoms with Crippen molar-refractivity contribution in [2.45, 2.75) is 19.6 Å². The van der Waals surface area contributed by atoms with Crippen molar-refractivity contribution < 1.29 is 14.3 Å². The number of aromatic nitrogens is 1. The Kier molecular flexibility index (Phi) is 6.01. The Balaban J connectivity index is 1.52. The molecule has 0 aliphatic carbocycles. The maximum Gasteiger partial charge on any atom is 0.317 e. The summed E-state index contributed by atoms with van der Waals surface area (Å²) in [4.78, 5) is 20.6. The fourth-order valence-corrected chi connectivity index (χ4v) is 2.83. The predicted octanol–water partition coefficient (Wildman–Crippen LogP) is 2.52. The summed E-state index contributed by atoms with van der Waals surface area (Å²) in [7, 11) is 3.89. The van der Waals surface area contributed by atoms with Crippen molar-refractivity contribution in [3.05, 3.63) is 48.2 Å². The van der Waals surface area contributed by atoms with Gasteiger partial charge in [0.15, 0.2) is 17.6 Å². The highest BCUT2D eigenvalue weighted by Gasteiger charge is 2.24. The Morgan fingerprint density at radius 1 is 1.22 bits per heavy atom. The zero-order chi connectivity index (χ0) is 19.2. The molecule has 1 aliphatic rings. The molecule has 1 aliphatic heterocycles. The number of likely N-dealkylation sites (N-methyl/N-ethyl adjacent to an activating group) is 1. The number of nitrogens with one attached hydrogen (secondary N) is 1. The Morgan fingerprint density at radius 3 is 2.67 bits per heavy atom. The fourth-order valence-electron chi connectivity index (χ4n) is 2.83. The molecule has 1 aromatic carbocycles. The van der Waals surface area contributed by atoms with Crippen LogP contribution < -0.4 is 19.7 Å². The second-order valence-corrected chi connectivity index (χ2v) is 6.61. The van der Waals surface area contributed by atoms with Crippen LogP contribution in [-0.4, -0.2) is 55.8 Å². The summed E-state index contributed by atoms with van der Waals surface area (Å²) < 4.78 is 11.7. The first kappa shape index (κ1) is 18.8. The molecule has 7 heteroatoms. The van der Waals surface area contributed by atoms with Crippen molar-refractivity contribution in [3.63, 3.8) is 0 Å². The van der Waals surface area contributed by atoms with Crippen molar-refractivity contribution >= 4 is 11.8 Å². The van der Waals surface area contributed by atoms with Crippen LogP contribution in [0.3, 0.4) is 0 Å². The molecule has 1 unspecified atom stereocenters. The summed E-state index contributed by atoms with van der Waals surface area (Å²) in [5.41, 5.74) is 0.955. The van der Waals surface area contributed by atoms with Gasteiger partial charge in [0.2, 0.25) is 0 Å². The molecule has 1 N–H and O–H groups in total. The zero-order valence-electron chi connectivity index (χ0n) is 16.0. The summed E-state index contributed by atoms with van der Waals surface area (Å²) in [5.74, 6) is 2.35. The monoisotopic (exact) mass is 370 g/mol. The quantitative estimate of drug-likeness (QED) is 0.846. The molecular formula is C20H26N4O3. The second kappa shape index (κ2) is 8.62. The molecule has 0 bridgehead atoms. The van der Waals surface area contributed by atoms with Gasteiger partial charge in [-0.2, -0.15) is 0 Å². The van der Waals surface area contributed by atoms with Gasteiger partial charge in [-0.1, -0.05) is 18.2 Å². The topological polar surface area (TPSA) is 66.9 Å². The van der Waals surface area contributed by atoms with E-state index in [1.54, 1.807) is 11.1 Å². The molecule has 3 rings (SSSR count). The van der Waals surface area contributed by atoms with Crippen LogP contribution in [0.25, 0.3) is 0 Å². The average molecular weight is 370 g/mol. The molecule has 27 heavy (non-hydrogen) atoms. The number of hydrogen-bond donors (Lipinski definition) is 1. The van der Waals surface area contributed by atoms with Crippen LogP contribution in [0.5, 0.6) is 11.5 Å². The van der Waals surface area contributed by atoms with Gasteiger partial charge in [-0.3, -0.25) is 0 Å². The van der Waals surface area contributed by atoms with Gasteiger partial charge in [0.05, 0.1) is 6.54 Å². The number of urea groups is 1. The van der Waals surface area contributed by atoms with Crippen LogP contribution in [0.2, 0.25) is 0 Å². The fraction of sp³-hybridized carbons (Fsp3) is 0.400. The largest absolute Gasteiger partial charge is 0.486 e. The van der Waals surface area contributed by atoms with E-state index in [-0.39, 0.29) is 12.1 Å². The molecule has 0 radical (unpaired) electrons. The smallest absolute Gasteiger partial charge is 0.317 e. The number of pyridine rings is 1. The molecule has 0 saturated heterocycles. The number of fused-ring (bicyclic) bond motifs is 1. The first-order valence-electron chi connectivity index (χ1n) is 9.10. The third-order valence-corrected chi connectivity index (χ3v) is 4.37. The van der Waals surface area contributed by atoms with Gasteiger partial charge in [0.25, 0.3) is 0 Å². The van der Waals surface area contributed by atoms with Gasteiger partial charge < -0.3 is 24.6 Å². The highest BCUT2D eigenvalue weighted by atomic mass is 16.6. The van der Waals surface area contributed by atoms with E-state index >= 15 is 0 Å². The van der Waals surface area contributed by atoms with Crippen LogP contribution in [0, 0.1) is 0 Å². The molecule has 144 valence electrons. The van der Waals surface area contributed by atoms with Crippen LogP contribution in [-0.2, 0) is 6.54 Å². The Morgan fingerprint density at radius 2 is 2.00 bits per heavy atom. The highest BCUT2D eigenvalue weighted by molar-refractivity contribution is 5.74. The van der Waals surface area contributed by atoms with Crippen molar-refractivity contribution in [1.82, 2.24) is 15.2 Å². The minimum absolute atomic E-state index is 0.128. The molecule has 0 saturated carbocycles. The van der Waals surface area contributed by atoms with Crippen LogP contribution in [0.4, 0.5) is 10.6 Å². The third-order valence-electron chi connectivity index (χ3n) is 4.37. The minimum Gasteiger partial charge on any atom is -0.486 e. The van der Waals surface area contributed by atoms with Gasteiger partial charge in [0, 0.05) is 33.4 Å². The SMILES string of the molecule is CCN(CC1COc2ccccc2O1)C(=O)NCc1ccc(N(C)C)nc1. The maximum atomic E-state index is 12.5. The molecular weight excluding hydrogens is 344 g/mol. The number of benzene rings is 1. The van der Waals surface area contributed by atoms with Gasteiger partial charge in [0.1, 0.15) is 12.4 Å². The number of ether oxygens (including phenoxy) is 2. The Labute approximate surface area is 159 Å². The van der Waals surface area contributed by atoms with Crippen LogP contribution in [0.1, 0.15) is 12.5 Å². The molecule has 0 spiro atoms. The molecule has 2 amide bonds. The molecule has 1 atom stereocenters. The lowest BCUT2D eigenvalue weighted by atomic mass is 10.2. The average Bonchev–Trinajstić information content (AvgIpc) is 2.70. The molecule has 2 heterocycles. The molecule has 1 aromatic heterocycles. The van der Waals surface area contributed by atoms with Crippen molar-refractivity contribution in [3.8, 4) is 11.5 Å². The van der Waals surface area contributed by atoms with Crippen LogP contribution >= 0.6 is 0 Å². The summed E-state index contributed by atoms with van der Waals surface area (Å²) >= 11 is 0. The van der Waals surface area contributed by atoms with Crippen LogP contribution in [0.15, 0.2) is 42.6 Å². The van der Waals surface area contributed by atoms with E-state index in [1.807, 2.05) is 62.3 Å². The highest BCUT2D eigenvalue weighted by Crippen LogP contribution is 2.31. The first-order chi connectivity index (χ1) is 13.1. The van der Waals surface area contributed by atoms with E-state index in [0.29, 0.717) is 26.2 Å². The third kappa shape index (κ3) is 4.81. The van der Waals surface area contributed by atoms with Gasteiger partial charge in [-0.15, -0.1) is 0 Å². The number of amides is 2. The summed E-state index contributed by atoms with van der Waals surface area (Å²) in [6, 6.07) is 11.3. The number of rotatable bonds is 6. The summed E-state index contributed by atoms with van der Waals surface area (Å²) in [5, 5.41) is 2.94. The molecule has 2 aromatic rings. The van der Waals surface area contributed by atoms with Gasteiger partial charge in [-0.25, -0.2) is 9.78 Å². The Bertz CT molecular complexity index is 764.